The van der Waals surface area contributed by atoms with Crippen LogP contribution in [0, 0.1) is 0 Å². The molecule has 1 aromatic heterocycles. The van der Waals surface area contributed by atoms with Crippen molar-refractivity contribution in [2.24, 2.45) is 4.40 Å². The van der Waals surface area contributed by atoms with Crippen LogP contribution in [0.15, 0.2) is 57.3 Å². The third-order valence-corrected chi connectivity index (χ3v) is 5.89. The molecular formula is C16H15N3O4S2. The molecule has 0 radical (unpaired) electrons. The summed E-state index contributed by atoms with van der Waals surface area (Å²) in [5, 5.41) is 9.30. The van der Waals surface area contributed by atoms with Crippen molar-refractivity contribution in [1.29, 1.82) is 0 Å². The average Bonchev–Trinajstić information content (AvgIpc) is 3.13. The molecule has 0 fully saturated rings. The molecule has 130 valence electrons. The summed E-state index contributed by atoms with van der Waals surface area (Å²) in [5.74, 6) is 0.372. The maximum Gasteiger partial charge on any atom is 0.310 e. The van der Waals surface area contributed by atoms with Gasteiger partial charge in [0.25, 0.3) is 4.34 Å². The summed E-state index contributed by atoms with van der Waals surface area (Å²) in [6, 6.07) is 6.17. The topological polar surface area (TPSA) is 102 Å². The van der Waals surface area contributed by atoms with E-state index in [2.05, 4.69) is 13.8 Å². The van der Waals surface area contributed by atoms with E-state index in [0.29, 0.717) is 12.0 Å². The zero-order valence-corrected chi connectivity index (χ0v) is 14.9. The summed E-state index contributed by atoms with van der Waals surface area (Å²) < 4.78 is 37.8. The van der Waals surface area contributed by atoms with Gasteiger partial charge in [-0.25, -0.2) is 4.98 Å². The zero-order chi connectivity index (χ0) is 17.9. The van der Waals surface area contributed by atoms with Crippen molar-refractivity contribution >= 4 is 27.8 Å². The largest absolute Gasteiger partial charge is 0.508 e. The molecule has 0 aliphatic heterocycles. The van der Waals surface area contributed by atoms with Crippen LogP contribution in [0.3, 0.4) is 0 Å². The van der Waals surface area contributed by atoms with E-state index in [1.807, 2.05) is 12.2 Å². The van der Waals surface area contributed by atoms with Crippen molar-refractivity contribution in [3.8, 4) is 17.1 Å². The third-order valence-electron chi connectivity index (χ3n) is 3.61. The van der Waals surface area contributed by atoms with Crippen LogP contribution < -0.4 is 0 Å². The minimum Gasteiger partial charge on any atom is -0.508 e. The van der Waals surface area contributed by atoms with Gasteiger partial charge in [-0.05, 0) is 30.3 Å². The van der Waals surface area contributed by atoms with Crippen LogP contribution in [0.2, 0.25) is 0 Å². The van der Waals surface area contributed by atoms with E-state index >= 15 is 0 Å². The van der Waals surface area contributed by atoms with Gasteiger partial charge in [0, 0.05) is 30.6 Å². The van der Waals surface area contributed by atoms with Crippen molar-refractivity contribution in [3.05, 3.63) is 48.6 Å². The van der Waals surface area contributed by atoms with Gasteiger partial charge >= 0.3 is 10.0 Å². The van der Waals surface area contributed by atoms with Gasteiger partial charge in [-0.2, -0.15) is 17.2 Å². The Bertz CT molecular complexity index is 946. The third kappa shape index (κ3) is 3.84. The Morgan fingerprint density at radius 1 is 1.32 bits per heavy atom. The van der Waals surface area contributed by atoms with E-state index in [4.69, 9.17) is 4.74 Å². The van der Waals surface area contributed by atoms with E-state index in [0.717, 1.165) is 11.5 Å². The SMILES string of the molecule is COC1(C=NS(=O)(=O)c2nc(-c3ccc(O)cc3)ns2)C=CC=CC1. The van der Waals surface area contributed by atoms with Crippen LogP contribution >= 0.6 is 11.5 Å². The summed E-state index contributed by atoms with van der Waals surface area (Å²) >= 11 is 0.751. The number of methoxy groups -OCH3 is 1. The van der Waals surface area contributed by atoms with Gasteiger partial charge in [0.2, 0.25) is 0 Å². The highest BCUT2D eigenvalue weighted by atomic mass is 32.2. The molecule has 0 saturated heterocycles. The van der Waals surface area contributed by atoms with Crippen LogP contribution in [0.5, 0.6) is 5.75 Å². The number of aromatic hydroxyl groups is 1. The fourth-order valence-electron chi connectivity index (χ4n) is 2.16. The number of hydrogen-bond donors (Lipinski definition) is 1. The number of rotatable bonds is 5. The molecule has 0 spiro atoms. The molecule has 1 aliphatic rings. The number of allylic oxidation sites excluding steroid dienone is 2. The first-order chi connectivity index (χ1) is 11.9. The summed E-state index contributed by atoms with van der Waals surface area (Å²) in [6.45, 7) is 0. The smallest absolute Gasteiger partial charge is 0.310 e. The number of hydrogen-bond acceptors (Lipinski definition) is 7. The molecule has 1 atom stereocenters. The predicted octanol–water partition coefficient (Wildman–Crippen LogP) is 2.57. The first-order valence-corrected chi connectivity index (χ1v) is 9.50. The Hall–Kier alpha value is -2.36. The second-order valence-electron chi connectivity index (χ2n) is 5.29. The minimum atomic E-state index is -3.98. The molecule has 0 amide bonds. The Morgan fingerprint density at radius 2 is 2.08 bits per heavy atom. The molecule has 1 N–H and O–H groups in total. The molecular weight excluding hydrogens is 362 g/mol. The van der Waals surface area contributed by atoms with Gasteiger partial charge in [0.15, 0.2) is 5.82 Å². The second-order valence-corrected chi connectivity index (χ2v) is 7.85. The van der Waals surface area contributed by atoms with Gasteiger partial charge in [0.1, 0.15) is 11.4 Å². The highest BCUT2D eigenvalue weighted by Crippen LogP contribution is 2.25. The van der Waals surface area contributed by atoms with Crippen molar-refractivity contribution in [2.75, 3.05) is 7.11 Å². The Kier molecular flexibility index (Phi) is 4.80. The maximum atomic E-state index is 12.4. The number of ether oxygens (including phenoxy) is 1. The molecule has 1 aromatic carbocycles. The monoisotopic (exact) mass is 377 g/mol. The lowest BCUT2D eigenvalue weighted by Crippen LogP contribution is -2.31. The summed E-state index contributed by atoms with van der Waals surface area (Å²) in [5.41, 5.74) is -0.278. The van der Waals surface area contributed by atoms with Crippen LogP contribution in [-0.2, 0) is 14.8 Å². The lowest BCUT2D eigenvalue weighted by atomic mass is 9.97. The van der Waals surface area contributed by atoms with Gasteiger partial charge in [-0.1, -0.05) is 18.2 Å². The quantitative estimate of drug-likeness (QED) is 0.804. The molecule has 2 aromatic rings. The van der Waals surface area contributed by atoms with Crippen LogP contribution in [-0.4, -0.2) is 41.8 Å². The molecule has 0 bridgehead atoms. The molecule has 9 heteroatoms. The van der Waals surface area contributed by atoms with Crippen molar-refractivity contribution in [3.63, 3.8) is 0 Å². The standard InChI is InChI=1S/C16H15N3O4S2/c1-23-16(9-3-2-4-10-16)11-17-25(21,22)15-18-14(19-24-15)12-5-7-13(20)8-6-12/h2-9,11,20H,10H2,1H3. The van der Waals surface area contributed by atoms with Gasteiger partial charge in [-0.15, -0.1) is 0 Å². The highest BCUT2D eigenvalue weighted by molar-refractivity contribution is 7.92. The number of nitrogens with zero attached hydrogens (tertiary/aromatic N) is 3. The fraction of sp³-hybridized carbons (Fsp3) is 0.188. The normalized spacial score (nSPS) is 20.4. The molecule has 1 aliphatic carbocycles. The Morgan fingerprint density at radius 3 is 2.72 bits per heavy atom. The summed E-state index contributed by atoms with van der Waals surface area (Å²) in [4.78, 5) is 4.05. The molecule has 1 heterocycles. The first kappa shape index (κ1) is 17.5. The number of phenols is 1. The van der Waals surface area contributed by atoms with Crippen LogP contribution in [0.1, 0.15) is 6.42 Å². The first-order valence-electron chi connectivity index (χ1n) is 7.28. The van der Waals surface area contributed by atoms with Crippen molar-refractivity contribution < 1.29 is 18.3 Å². The van der Waals surface area contributed by atoms with E-state index in [-0.39, 0.29) is 15.9 Å². The van der Waals surface area contributed by atoms with Gasteiger partial charge < -0.3 is 9.84 Å². The number of phenolic OH excluding ortho intramolecular Hbond substituents is 1. The Labute approximate surface area is 149 Å². The van der Waals surface area contributed by atoms with E-state index in [9.17, 15) is 13.5 Å². The average molecular weight is 377 g/mol. The van der Waals surface area contributed by atoms with Crippen LogP contribution in [0.25, 0.3) is 11.4 Å². The van der Waals surface area contributed by atoms with Crippen molar-refractivity contribution in [1.82, 2.24) is 9.36 Å². The summed E-state index contributed by atoms with van der Waals surface area (Å²) in [6.07, 6.45) is 9.01. The second kappa shape index (κ2) is 6.87. The van der Waals surface area contributed by atoms with E-state index in [1.54, 1.807) is 24.3 Å². The molecule has 1 unspecified atom stereocenters. The maximum absolute atomic E-state index is 12.4. The van der Waals surface area contributed by atoms with E-state index in [1.165, 1.54) is 25.5 Å². The predicted molar refractivity (Wildman–Crippen MR) is 95.3 cm³/mol. The summed E-state index contributed by atoms with van der Waals surface area (Å²) in [7, 11) is -2.48. The van der Waals surface area contributed by atoms with E-state index < -0.39 is 15.6 Å². The lowest BCUT2D eigenvalue weighted by molar-refractivity contribution is 0.0971. The van der Waals surface area contributed by atoms with Gasteiger partial charge in [0.05, 0.1) is 6.21 Å². The number of benzene rings is 1. The number of sulfonamides is 1. The molecule has 3 rings (SSSR count). The van der Waals surface area contributed by atoms with Gasteiger partial charge in [-0.3, -0.25) is 0 Å². The highest BCUT2D eigenvalue weighted by Gasteiger charge is 2.27. The fourth-order valence-corrected chi connectivity index (χ4v) is 3.83. The molecule has 7 nitrogen and oxygen atoms in total. The minimum absolute atomic E-state index is 0.107. The lowest BCUT2D eigenvalue weighted by Gasteiger charge is -2.24. The van der Waals surface area contributed by atoms with Crippen LogP contribution in [0.4, 0.5) is 0 Å². The Balaban J connectivity index is 1.86. The zero-order valence-electron chi connectivity index (χ0n) is 13.2. The molecule has 25 heavy (non-hydrogen) atoms. The molecule has 0 saturated carbocycles. The number of aromatic nitrogens is 2. The van der Waals surface area contributed by atoms with Crippen molar-refractivity contribution in [2.45, 2.75) is 16.4 Å².